The van der Waals surface area contributed by atoms with E-state index in [1.807, 2.05) is 0 Å². The third-order valence-corrected chi connectivity index (χ3v) is 5.17. The van der Waals surface area contributed by atoms with E-state index in [0.717, 1.165) is 44.8 Å². The fourth-order valence-corrected chi connectivity index (χ4v) is 4.07. The van der Waals surface area contributed by atoms with Crippen LogP contribution in [-0.2, 0) is 4.74 Å². The molecule has 2 rings (SSSR count). The van der Waals surface area contributed by atoms with Crippen LogP contribution >= 0.6 is 0 Å². The highest BCUT2D eigenvalue weighted by molar-refractivity contribution is 4.88. The highest BCUT2D eigenvalue weighted by atomic mass is 16.5. The predicted octanol–water partition coefficient (Wildman–Crippen LogP) is 1.89. The molecule has 0 radical (unpaired) electrons. The summed E-state index contributed by atoms with van der Waals surface area (Å²) in [6.45, 7) is 11.4. The average molecular weight is 299 g/mol. The van der Waals surface area contributed by atoms with Gasteiger partial charge >= 0.3 is 0 Å². The zero-order chi connectivity index (χ0) is 15.6. The number of hydrogen-bond donors (Lipinski definition) is 2. The van der Waals surface area contributed by atoms with Crippen molar-refractivity contribution in [3.05, 3.63) is 0 Å². The Morgan fingerprint density at radius 1 is 1.29 bits per heavy atom. The van der Waals surface area contributed by atoms with Crippen molar-refractivity contribution >= 4 is 0 Å². The van der Waals surface area contributed by atoms with Gasteiger partial charge in [-0.3, -0.25) is 4.90 Å². The lowest BCUT2D eigenvalue weighted by molar-refractivity contribution is -0.154. The number of ether oxygens (including phenoxy) is 1. The number of rotatable bonds is 4. The number of aliphatic hydroxyl groups is 2. The monoisotopic (exact) mass is 299 g/mol. The number of morpholine rings is 1. The summed E-state index contributed by atoms with van der Waals surface area (Å²) >= 11 is 0. The molecule has 0 spiro atoms. The topological polar surface area (TPSA) is 52.9 Å². The standard InChI is InChI=1S/C17H33NO3/c1-12(2)13-5-6-16(20)14(7-13)8-18-9-15(10-19)21-17(3,4)11-18/h12-16,19-20H,5-11H2,1-4H3. The molecule has 4 heteroatoms. The molecule has 0 bridgehead atoms. The van der Waals surface area contributed by atoms with E-state index in [1.165, 1.54) is 0 Å². The minimum Gasteiger partial charge on any atom is -0.394 e. The fourth-order valence-electron chi connectivity index (χ4n) is 4.07. The molecule has 1 saturated heterocycles. The first kappa shape index (κ1) is 17.2. The largest absolute Gasteiger partial charge is 0.394 e. The Hall–Kier alpha value is -0.160. The van der Waals surface area contributed by atoms with Gasteiger partial charge in [-0.05, 0) is 50.9 Å². The quantitative estimate of drug-likeness (QED) is 0.832. The summed E-state index contributed by atoms with van der Waals surface area (Å²) in [6.07, 6.45) is 2.95. The summed E-state index contributed by atoms with van der Waals surface area (Å²) in [5.41, 5.74) is -0.220. The maximum atomic E-state index is 10.3. The van der Waals surface area contributed by atoms with Gasteiger partial charge in [0.2, 0.25) is 0 Å². The molecule has 0 aromatic carbocycles. The Bertz CT molecular complexity index is 332. The fraction of sp³-hybridized carbons (Fsp3) is 1.00. The number of aliphatic hydroxyl groups excluding tert-OH is 2. The van der Waals surface area contributed by atoms with Gasteiger partial charge in [0.1, 0.15) is 0 Å². The highest BCUT2D eigenvalue weighted by Crippen LogP contribution is 2.35. The third kappa shape index (κ3) is 4.65. The molecule has 1 heterocycles. The van der Waals surface area contributed by atoms with Crippen LogP contribution in [-0.4, -0.2) is 59.2 Å². The molecule has 4 nitrogen and oxygen atoms in total. The van der Waals surface area contributed by atoms with Crippen molar-refractivity contribution in [1.82, 2.24) is 4.90 Å². The van der Waals surface area contributed by atoms with Crippen molar-refractivity contribution in [2.24, 2.45) is 17.8 Å². The van der Waals surface area contributed by atoms with Crippen molar-refractivity contribution in [3.63, 3.8) is 0 Å². The Kier molecular flexibility index (Phi) is 5.69. The van der Waals surface area contributed by atoms with Crippen LogP contribution in [0.2, 0.25) is 0 Å². The van der Waals surface area contributed by atoms with E-state index in [-0.39, 0.29) is 24.4 Å². The molecule has 0 amide bonds. The van der Waals surface area contributed by atoms with Crippen LogP contribution in [0.5, 0.6) is 0 Å². The van der Waals surface area contributed by atoms with E-state index in [9.17, 15) is 10.2 Å². The lowest BCUT2D eigenvalue weighted by atomic mass is 9.74. The highest BCUT2D eigenvalue weighted by Gasteiger charge is 2.37. The molecule has 4 unspecified atom stereocenters. The van der Waals surface area contributed by atoms with E-state index >= 15 is 0 Å². The molecular weight excluding hydrogens is 266 g/mol. The summed E-state index contributed by atoms with van der Waals surface area (Å²) in [7, 11) is 0. The Morgan fingerprint density at radius 2 is 2.00 bits per heavy atom. The van der Waals surface area contributed by atoms with Gasteiger partial charge in [0.05, 0.1) is 24.4 Å². The molecule has 2 N–H and O–H groups in total. The Balaban J connectivity index is 1.95. The summed E-state index contributed by atoms with van der Waals surface area (Å²) in [5.74, 6) is 1.80. The summed E-state index contributed by atoms with van der Waals surface area (Å²) < 4.78 is 5.87. The second-order valence-corrected chi connectivity index (χ2v) is 8.02. The van der Waals surface area contributed by atoms with E-state index in [1.54, 1.807) is 0 Å². The first-order chi connectivity index (χ1) is 9.80. The molecule has 1 aliphatic carbocycles. The van der Waals surface area contributed by atoms with Crippen molar-refractivity contribution in [3.8, 4) is 0 Å². The molecular formula is C17H33NO3. The van der Waals surface area contributed by atoms with E-state index < -0.39 is 0 Å². The normalized spacial score (nSPS) is 37.9. The number of hydrogen-bond acceptors (Lipinski definition) is 4. The minimum absolute atomic E-state index is 0.0712. The molecule has 1 aliphatic heterocycles. The van der Waals surface area contributed by atoms with Crippen molar-refractivity contribution in [2.45, 2.75) is 64.8 Å². The van der Waals surface area contributed by atoms with Crippen LogP contribution in [0.3, 0.4) is 0 Å². The van der Waals surface area contributed by atoms with Crippen molar-refractivity contribution in [1.29, 1.82) is 0 Å². The molecule has 21 heavy (non-hydrogen) atoms. The molecule has 4 atom stereocenters. The van der Waals surface area contributed by atoms with Gasteiger partial charge in [0.15, 0.2) is 0 Å². The van der Waals surface area contributed by atoms with Gasteiger partial charge in [-0.1, -0.05) is 13.8 Å². The molecule has 0 aromatic rings. The summed E-state index contributed by atoms with van der Waals surface area (Å²) in [5, 5.41) is 19.8. The van der Waals surface area contributed by atoms with E-state index in [0.29, 0.717) is 11.8 Å². The SMILES string of the molecule is CC(C)C1CCC(O)C(CN2CC(CO)OC(C)(C)C2)C1. The van der Waals surface area contributed by atoms with Crippen LogP contribution in [0.25, 0.3) is 0 Å². The van der Waals surface area contributed by atoms with Crippen LogP contribution in [0.1, 0.15) is 47.0 Å². The lowest BCUT2D eigenvalue weighted by Gasteiger charge is -2.45. The molecule has 0 aromatic heterocycles. The Labute approximate surface area is 129 Å². The van der Waals surface area contributed by atoms with Crippen LogP contribution in [0.4, 0.5) is 0 Å². The molecule has 124 valence electrons. The van der Waals surface area contributed by atoms with Gasteiger partial charge in [-0.25, -0.2) is 0 Å². The predicted molar refractivity (Wildman–Crippen MR) is 84.2 cm³/mol. The maximum Gasteiger partial charge on any atom is 0.0940 e. The van der Waals surface area contributed by atoms with Crippen molar-refractivity contribution < 1.29 is 14.9 Å². The van der Waals surface area contributed by atoms with E-state index in [2.05, 4.69) is 32.6 Å². The molecule has 2 fully saturated rings. The first-order valence-corrected chi connectivity index (χ1v) is 8.50. The molecule has 2 aliphatic rings. The van der Waals surface area contributed by atoms with Gasteiger partial charge in [0, 0.05) is 19.6 Å². The van der Waals surface area contributed by atoms with Gasteiger partial charge in [-0.15, -0.1) is 0 Å². The van der Waals surface area contributed by atoms with E-state index in [4.69, 9.17) is 4.74 Å². The molecule has 1 saturated carbocycles. The maximum absolute atomic E-state index is 10.3. The summed E-state index contributed by atoms with van der Waals surface area (Å²) in [6, 6.07) is 0. The smallest absolute Gasteiger partial charge is 0.0940 e. The summed E-state index contributed by atoms with van der Waals surface area (Å²) in [4.78, 5) is 2.38. The number of nitrogens with zero attached hydrogens (tertiary/aromatic N) is 1. The Morgan fingerprint density at radius 3 is 2.62 bits per heavy atom. The zero-order valence-corrected chi connectivity index (χ0v) is 14.1. The minimum atomic E-state index is -0.220. The second-order valence-electron chi connectivity index (χ2n) is 8.02. The van der Waals surface area contributed by atoms with Gasteiger partial charge in [0.25, 0.3) is 0 Å². The van der Waals surface area contributed by atoms with Crippen molar-refractivity contribution in [2.75, 3.05) is 26.2 Å². The van der Waals surface area contributed by atoms with Gasteiger partial charge in [-0.2, -0.15) is 0 Å². The van der Waals surface area contributed by atoms with Crippen LogP contribution in [0.15, 0.2) is 0 Å². The van der Waals surface area contributed by atoms with Crippen LogP contribution in [0, 0.1) is 17.8 Å². The average Bonchev–Trinajstić information content (AvgIpc) is 2.39. The van der Waals surface area contributed by atoms with Gasteiger partial charge < -0.3 is 14.9 Å². The van der Waals surface area contributed by atoms with Crippen LogP contribution < -0.4 is 0 Å². The first-order valence-electron chi connectivity index (χ1n) is 8.50. The second kappa shape index (κ2) is 6.95. The lowest BCUT2D eigenvalue weighted by Crippen LogP contribution is -2.55. The third-order valence-electron chi connectivity index (χ3n) is 5.17. The zero-order valence-electron chi connectivity index (χ0n) is 14.1.